The highest BCUT2D eigenvalue weighted by Crippen LogP contribution is 2.31. The molecule has 0 radical (unpaired) electrons. The zero-order chi connectivity index (χ0) is 12.6. The molecular formula is C12H19N3O2S. The van der Waals surface area contributed by atoms with E-state index in [9.17, 15) is 8.42 Å². The van der Waals surface area contributed by atoms with Crippen LogP contribution in [0.3, 0.4) is 0 Å². The number of nitrogens with one attached hydrogen (secondary N) is 1. The second kappa shape index (κ2) is 4.66. The second-order valence-corrected chi connectivity index (χ2v) is 7.54. The lowest BCUT2D eigenvalue weighted by atomic mass is 9.94. The minimum Gasteiger partial charge on any atom is -0.316 e. The molecule has 2 saturated heterocycles. The Balaban J connectivity index is 1.81. The predicted octanol–water partition coefficient (Wildman–Crippen LogP) is 1.06. The first-order chi connectivity index (χ1) is 8.67. The van der Waals surface area contributed by atoms with E-state index in [0.717, 1.165) is 25.9 Å². The van der Waals surface area contributed by atoms with Crippen molar-refractivity contribution in [2.75, 3.05) is 18.8 Å². The van der Waals surface area contributed by atoms with Crippen LogP contribution in [-0.4, -0.2) is 37.0 Å². The third-order valence-corrected chi connectivity index (χ3v) is 6.12. The quantitative estimate of drug-likeness (QED) is 0.872. The van der Waals surface area contributed by atoms with Gasteiger partial charge >= 0.3 is 0 Å². The lowest BCUT2D eigenvalue weighted by Crippen LogP contribution is -2.28. The van der Waals surface area contributed by atoms with E-state index in [1.54, 1.807) is 4.68 Å². The summed E-state index contributed by atoms with van der Waals surface area (Å²) in [5.74, 6) is 0.786. The van der Waals surface area contributed by atoms with Gasteiger partial charge in [0.05, 0.1) is 11.9 Å². The molecule has 2 fully saturated rings. The van der Waals surface area contributed by atoms with Gasteiger partial charge in [-0.2, -0.15) is 5.10 Å². The highest BCUT2D eigenvalue weighted by molar-refractivity contribution is 7.91. The van der Waals surface area contributed by atoms with Crippen molar-refractivity contribution in [3.63, 3.8) is 0 Å². The van der Waals surface area contributed by atoms with Crippen LogP contribution in [0.5, 0.6) is 0 Å². The van der Waals surface area contributed by atoms with Crippen LogP contribution in [-0.2, 0) is 9.84 Å². The van der Waals surface area contributed by atoms with Crippen molar-refractivity contribution in [3.8, 4) is 0 Å². The van der Waals surface area contributed by atoms with Crippen molar-refractivity contribution < 1.29 is 8.42 Å². The van der Waals surface area contributed by atoms with Crippen LogP contribution in [0.2, 0.25) is 0 Å². The predicted molar refractivity (Wildman–Crippen MR) is 69.1 cm³/mol. The number of hydrogen-bond acceptors (Lipinski definition) is 4. The van der Waals surface area contributed by atoms with Gasteiger partial charge in [-0.15, -0.1) is 0 Å². The maximum Gasteiger partial charge on any atom is 0.173 e. The molecule has 5 nitrogen and oxygen atoms in total. The Bertz CT molecular complexity index is 517. The van der Waals surface area contributed by atoms with Crippen molar-refractivity contribution in [3.05, 3.63) is 18.0 Å². The summed E-state index contributed by atoms with van der Waals surface area (Å²) < 4.78 is 25.4. The minimum absolute atomic E-state index is 0.303. The molecule has 0 aromatic carbocycles. The summed E-state index contributed by atoms with van der Waals surface area (Å²) in [5.41, 5.74) is 1.17. The summed E-state index contributed by atoms with van der Waals surface area (Å²) in [6.45, 7) is 2.06. The third kappa shape index (κ3) is 2.19. The molecule has 2 unspecified atom stereocenters. The maximum absolute atomic E-state index is 11.9. The molecule has 0 spiro atoms. The second-order valence-electron chi connectivity index (χ2n) is 5.26. The summed E-state index contributed by atoms with van der Waals surface area (Å²) in [6, 6.07) is 0. The van der Waals surface area contributed by atoms with E-state index in [1.165, 1.54) is 12.0 Å². The molecule has 2 aliphatic heterocycles. The van der Waals surface area contributed by atoms with Crippen LogP contribution in [0.15, 0.2) is 12.4 Å². The van der Waals surface area contributed by atoms with Gasteiger partial charge in [0, 0.05) is 12.7 Å². The van der Waals surface area contributed by atoms with Crippen LogP contribution < -0.4 is 5.32 Å². The molecule has 100 valence electrons. The first-order valence-corrected chi connectivity index (χ1v) is 8.35. The molecule has 2 atom stereocenters. The molecule has 0 saturated carbocycles. The summed E-state index contributed by atoms with van der Waals surface area (Å²) in [5, 5.41) is 7.22. The monoisotopic (exact) mass is 269 g/mol. The molecule has 3 rings (SSSR count). The van der Waals surface area contributed by atoms with Gasteiger partial charge < -0.3 is 5.32 Å². The molecule has 0 bridgehead atoms. The van der Waals surface area contributed by atoms with E-state index < -0.39 is 15.2 Å². The number of piperidine rings is 1. The molecule has 1 aromatic rings. The minimum atomic E-state index is -2.97. The molecule has 1 N–H and O–H groups in total. The number of aromatic nitrogens is 2. The van der Waals surface area contributed by atoms with Crippen LogP contribution >= 0.6 is 0 Å². The van der Waals surface area contributed by atoms with Gasteiger partial charge in [0.1, 0.15) is 0 Å². The van der Waals surface area contributed by atoms with E-state index in [4.69, 9.17) is 0 Å². The number of nitrogens with zero attached hydrogens (tertiary/aromatic N) is 2. The van der Waals surface area contributed by atoms with Crippen molar-refractivity contribution in [1.82, 2.24) is 15.1 Å². The van der Waals surface area contributed by atoms with E-state index >= 15 is 0 Å². The first kappa shape index (κ1) is 12.2. The van der Waals surface area contributed by atoms with Gasteiger partial charge in [0.25, 0.3) is 0 Å². The Morgan fingerprint density at radius 2 is 2.22 bits per heavy atom. The van der Waals surface area contributed by atoms with Gasteiger partial charge in [-0.3, -0.25) is 4.68 Å². The standard InChI is InChI=1S/C12H19N3O2S/c16-18(17)6-2-4-12(18)15-9-11(8-14-15)10-3-1-5-13-7-10/h8-10,12-13H,1-7H2. The van der Waals surface area contributed by atoms with Crippen molar-refractivity contribution in [2.45, 2.75) is 37.0 Å². The molecule has 18 heavy (non-hydrogen) atoms. The zero-order valence-corrected chi connectivity index (χ0v) is 11.2. The van der Waals surface area contributed by atoms with Gasteiger partial charge in [-0.1, -0.05) is 0 Å². The Labute approximate surface area is 107 Å². The van der Waals surface area contributed by atoms with Crippen LogP contribution in [0.25, 0.3) is 0 Å². The van der Waals surface area contributed by atoms with Gasteiger partial charge in [-0.05, 0) is 43.7 Å². The topological polar surface area (TPSA) is 64.0 Å². The van der Waals surface area contributed by atoms with Crippen molar-refractivity contribution >= 4 is 9.84 Å². The lowest BCUT2D eigenvalue weighted by molar-refractivity contribution is 0.460. The summed E-state index contributed by atoms with van der Waals surface area (Å²) in [4.78, 5) is 0. The fourth-order valence-electron chi connectivity index (χ4n) is 2.93. The largest absolute Gasteiger partial charge is 0.316 e. The fourth-order valence-corrected chi connectivity index (χ4v) is 4.74. The van der Waals surface area contributed by atoms with E-state index in [0.29, 0.717) is 18.1 Å². The molecule has 3 heterocycles. The SMILES string of the molecule is O=S1(=O)CCCC1n1cc(C2CCCNC2)cn1. The Morgan fingerprint density at radius 3 is 2.89 bits per heavy atom. The Morgan fingerprint density at radius 1 is 1.33 bits per heavy atom. The van der Waals surface area contributed by atoms with Gasteiger partial charge in [0.2, 0.25) is 0 Å². The molecule has 2 aliphatic rings. The molecule has 6 heteroatoms. The van der Waals surface area contributed by atoms with Crippen LogP contribution in [0.1, 0.15) is 42.5 Å². The number of rotatable bonds is 2. The lowest BCUT2D eigenvalue weighted by Gasteiger charge is -2.21. The average Bonchev–Trinajstić information content (AvgIpc) is 2.96. The number of hydrogen-bond donors (Lipinski definition) is 1. The normalized spacial score (nSPS) is 31.6. The average molecular weight is 269 g/mol. The van der Waals surface area contributed by atoms with E-state index in [2.05, 4.69) is 10.4 Å². The molecule has 0 amide bonds. The zero-order valence-electron chi connectivity index (χ0n) is 10.4. The molecule has 1 aromatic heterocycles. The van der Waals surface area contributed by atoms with Crippen molar-refractivity contribution in [2.24, 2.45) is 0 Å². The van der Waals surface area contributed by atoms with E-state index in [1.807, 2.05) is 12.4 Å². The third-order valence-electron chi connectivity index (χ3n) is 3.98. The highest BCUT2D eigenvalue weighted by atomic mass is 32.2. The molecular weight excluding hydrogens is 250 g/mol. The highest BCUT2D eigenvalue weighted by Gasteiger charge is 2.33. The summed E-state index contributed by atoms with van der Waals surface area (Å²) >= 11 is 0. The van der Waals surface area contributed by atoms with Crippen LogP contribution in [0.4, 0.5) is 0 Å². The smallest absolute Gasteiger partial charge is 0.173 e. The first-order valence-electron chi connectivity index (χ1n) is 6.63. The van der Waals surface area contributed by atoms with Gasteiger partial charge in [0.15, 0.2) is 15.2 Å². The van der Waals surface area contributed by atoms with Gasteiger partial charge in [-0.25, -0.2) is 8.42 Å². The summed E-state index contributed by atoms with van der Waals surface area (Å²) in [6.07, 6.45) is 7.57. The Kier molecular flexibility index (Phi) is 3.15. The number of sulfone groups is 1. The van der Waals surface area contributed by atoms with E-state index in [-0.39, 0.29) is 0 Å². The fraction of sp³-hybridized carbons (Fsp3) is 0.750. The van der Waals surface area contributed by atoms with Crippen molar-refractivity contribution in [1.29, 1.82) is 0 Å². The van der Waals surface area contributed by atoms with Crippen LogP contribution in [0, 0.1) is 0 Å². The Hall–Kier alpha value is -0.880. The molecule has 0 aliphatic carbocycles. The summed E-state index contributed by atoms with van der Waals surface area (Å²) in [7, 11) is -2.97. The maximum atomic E-state index is 11.9.